The molecule has 0 amide bonds. The van der Waals surface area contributed by atoms with E-state index in [4.69, 9.17) is 21.1 Å². The SMILES string of the molecule is CCOC(=O)COC(=O)c1cc(Cl)ccc1OC. The van der Waals surface area contributed by atoms with E-state index in [0.717, 1.165) is 0 Å². The number of carbonyl (C=O) groups is 2. The van der Waals surface area contributed by atoms with Gasteiger partial charge in [-0.1, -0.05) is 11.6 Å². The number of methoxy groups -OCH3 is 1. The van der Waals surface area contributed by atoms with Crippen LogP contribution in [0.3, 0.4) is 0 Å². The summed E-state index contributed by atoms with van der Waals surface area (Å²) in [6, 6.07) is 4.54. The third kappa shape index (κ3) is 3.92. The largest absolute Gasteiger partial charge is 0.496 e. The molecule has 0 unspecified atom stereocenters. The van der Waals surface area contributed by atoms with Crippen LogP contribution in [0.4, 0.5) is 0 Å². The van der Waals surface area contributed by atoms with Crippen LogP contribution in [-0.4, -0.2) is 32.3 Å². The minimum absolute atomic E-state index is 0.161. The van der Waals surface area contributed by atoms with E-state index in [1.54, 1.807) is 19.1 Å². The first-order chi connectivity index (χ1) is 8.58. The number of hydrogen-bond donors (Lipinski definition) is 0. The second kappa shape index (κ2) is 6.86. The van der Waals surface area contributed by atoms with Crippen LogP contribution >= 0.6 is 11.6 Å². The number of carbonyl (C=O) groups excluding carboxylic acids is 2. The van der Waals surface area contributed by atoms with E-state index in [2.05, 4.69) is 4.74 Å². The van der Waals surface area contributed by atoms with Crippen LogP contribution in [0.25, 0.3) is 0 Å². The van der Waals surface area contributed by atoms with Crippen LogP contribution in [-0.2, 0) is 14.3 Å². The van der Waals surface area contributed by atoms with Crippen LogP contribution in [0, 0.1) is 0 Å². The van der Waals surface area contributed by atoms with Crippen molar-refractivity contribution in [2.75, 3.05) is 20.3 Å². The summed E-state index contributed by atoms with van der Waals surface area (Å²) in [4.78, 5) is 22.8. The van der Waals surface area contributed by atoms with Crippen molar-refractivity contribution in [2.24, 2.45) is 0 Å². The van der Waals surface area contributed by atoms with Gasteiger partial charge in [-0.3, -0.25) is 0 Å². The van der Waals surface area contributed by atoms with Crippen molar-refractivity contribution in [3.05, 3.63) is 28.8 Å². The molecule has 0 atom stereocenters. The molecule has 6 heteroatoms. The van der Waals surface area contributed by atoms with Gasteiger partial charge >= 0.3 is 11.9 Å². The molecule has 0 aromatic heterocycles. The van der Waals surface area contributed by atoms with Gasteiger partial charge in [0.2, 0.25) is 0 Å². The standard InChI is InChI=1S/C12H13ClO5/c1-3-17-11(14)7-18-12(15)9-6-8(13)4-5-10(9)16-2/h4-6H,3,7H2,1-2H3. The molecule has 98 valence electrons. The van der Waals surface area contributed by atoms with Crippen molar-refractivity contribution in [2.45, 2.75) is 6.92 Å². The van der Waals surface area contributed by atoms with Crippen LogP contribution in [0.5, 0.6) is 5.75 Å². The molecule has 1 rings (SSSR count). The number of benzene rings is 1. The van der Waals surface area contributed by atoms with Crippen molar-refractivity contribution in [3.8, 4) is 5.75 Å². The van der Waals surface area contributed by atoms with Gasteiger partial charge in [-0.25, -0.2) is 9.59 Å². The maximum atomic E-state index is 11.7. The highest BCUT2D eigenvalue weighted by Gasteiger charge is 2.16. The van der Waals surface area contributed by atoms with E-state index < -0.39 is 18.5 Å². The monoisotopic (exact) mass is 272 g/mol. The first kappa shape index (κ1) is 14.3. The van der Waals surface area contributed by atoms with Crippen LogP contribution in [0.2, 0.25) is 5.02 Å². The fraction of sp³-hybridized carbons (Fsp3) is 0.333. The predicted molar refractivity (Wildman–Crippen MR) is 64.9 cm³/mol. The van der Waals surface area contributed by atoms with Gasteiger partial charge in [0, 0.05) is 5.02 Å². The lowest BCUT2D eigenvalue weighted by atomic mass is 10.2. The molecule has 0 N–H and O–H groups in total. The summed E-state index contributed by atoms with van der Waals surface area (Å²) in [6.07, 6.45) is 0. The molecule has 0 aliphatic carbocycles. The smallest absolute Gasteiger partial charge is 0.344 e. The molecule has 0 radical (unpaired) electrons. The summed E-state index contributed by atoms with van der Waals surface area (Å²) in [7, 11) is 1.42. The Morgan fingerprint density at radius 2 is 2.00 bits per heavy atom. The Morgan fingerprint density at radius 1 is 1.28 bits per heavy atom. The highest BCUT2D eigenvalue weighted by atomic mass is 35.5. The molecule has 0 saturated carbocycles. The van der Waals surface area contributed by atoms with Gasteiger partial charge in [-0.05, 0) is 25.1 Å². The van der Waals surface area contributed by atoms with Crippen molar-refractivity contribution in [1.82, 2.24) is 0 Å². The fourth-order valence-corrected chi connectivity index (χ4v) is 1.42. The molecule has 0 heterocycles. The van der Waals surface area contributed by atoms with Gasteiger partial charge in [0.25, 0.3) is 0 Å². The molecular formula is C12H13ClO5. The van der Waals surface area contributed by atoms with Crippen LogP contribution in [0.1, 0.15) is 17.3 Å². The van der Waals surface area contributed by atoms with Gasteiger partial charge in [-0.2, -0.15) is 0 Å². The molecule has 5 nitrogen and oxygen atoms in total. The molecule has 1 aromatic carbocycles. The fourth-order valence-electron chi connectivity index (χ4n) is 1.24. The Bertz CT molecular complexity index is 444. The zero-order chi connectivity index (χ0) is 13.5. The Labute approximate surface area is 110 Å². The first-order valence-corrected chi connectivity index (χ1v) is 5.62. The second-order valence-electron chi connectivity index (χ2n) is 3.23. The van der Waals surface area contributed by atoms with E-state index in [1.165, 1.54) is 13.2 Å². The summed E-state index contributed by atoms with van der Waals surface area (Å²) in [5, 5.41) is 0.374. The number of ether oxygens (including phenoxy) is 3. The maximum Gasteiger partial charge on any atom is 0.344 e. The van der Waals surface area contributed by atoms with E-state index in [1.807, 2.05) is 0 Å². The number of esters is 2. The lowest BCUT2D eigenvalue weighted by Gasteiger charge is -2.08. The molecule has 0 bridgehead atoms. The minimum atomic E-state index is -0.692. The maximum absolute atomic E-state index is 11.7. The number of hydrogen-bond acceptors (Lipinski definition) is 5. The summed E-state index contributed by atoms with van der Waals surface area (Å²) < 4.78 is 14.4. The van der Waals surface area contributed by atoms with Gasteiger partial charge in [0.05, 0.1) is 13.7 Å². The number of halogens is 1. The molecule has 0 aliphatic rings. The molecule has 1 aromatic rings. The molecule has 0 aliphatic heterocycles. The highest BCUT2D eigenvalue weighted by Crippen LogP contribution is 2.23. The van der Waals surface area contributed by atoms with Crippen molar-refractivity contribution >= 4 is 23.5 Å². The zero-order valence-electron chi connectivity index (χ0n) is 10.1. The topological polar surface area (TPSA) is 61.8 Å². The third-order valence-corrected chi connectivity index (χ3v) is 2.24. The Morgan fingerprint density at radius 3 is 2.61 bits per heavy atom. The average Bonchev–Trinajstić information content (AvgIpc) is 2.36. The average molecular weight is 273 g/mol. The molecular weight excluding hydrogens is 260 g/mol. The van der Waals surface area contributed by atoms with Gasteiger partial charge < -0.3 is 14.2 Å². The highest BCUT2D eigenvalue weighted by molar-refractivity contribution is 6.31. The van der Waals surface area contributed by atoms with E-state index in [-0.39, 0.29) is 12.2 Å². The third-order valence-electron chi connectivity index (χ3n) is 2.01. The molecule has 18 heavy (non-hydrogen) atoms. The van der Waals surface area contributed by atoms with E-state index in [9.17, 15) is 9.59 Å². The lowest BCUT2D eigenvalue weighted by molar-refractivity contribution is -0.146. The molecule has 0 saturated heterocycles. The summed E-state index contributed by atoms with van der Waals surface area (Å²) in [6.45, 7) is 1.46. The van der Waals surface area contributed by atoms with Crippen molar-refractivity contribution < 1.29 is 23.8 Å². The Hall–Kier alpha value is -1.75. The van der Waals surface area contributed by atoms with E-state index >= 15 is 0 Å². The second-order valence-corrected chi connectivity index (χ2v) is 3.66. The molecule has 0 fully saturated rings. The van der Waals surface area contributed by atoms with E-state index in [0.29, 0.717) is 10.8 Å². The predicted octanol–water partition coefficient (Wildman–Crippen LogP) is 2.07. The van der Waals surface area contributed by atoms with Crippen molar-refractivity contribution in [1.29, 1.82) is 0 Å². The summed E-state index contributed by atoms with van der Waals surface area (Å²) in [5.74, 6) is -0.970. The van der Waals surface area contributed by atoms with Gasteiger partial charge in [0.15, 0.2) is 6.61 Å². The van der Waals surface area contributed by atoms with Gasteiger partial charge in [-0.15, -0.1) is 0 Å². The Kier molecular flexibility index (Phi) is 5.45. The first-order valence-electron chi connectivity index (χ1n) is 5.24. The summed E-state index contributed by atoms with van der Waals surface area (Å²) >= 11 is 5.78. The normalized spacial score (nSPS) is 9.72. The van der Waals surface area contributed by atoms with Crippen molar-refractivity contribution in [3.63, 3.8) is 0 Å². The molecule has 0 spiro atoms. The van der Waals surface area contributed by atoms with Gasteiger partial charge in [0.1, 0.15) is 11.3 Å². The van der Waals surface area contributed by atoms with Crippen LogP contribution < -0.4 is 4.74 Å². The Balaban J connectivity index is 2.71. The quantitative estimate of drug-likeness (QED) is 0.768. The minimum Gasteiger partial charge on any atom is -0.496 e. The van der Waals surface area contributed by atoms with Crippen LogP contribution in [0.15, 0.2) is 18.2 Å². The zero-order valence-corrected chi connectivity index (χ0v) is 10.8. The lowest BCUT2D eigenvalue weighted by Crippen LogP contribution is -2.16. The summed E-state index contributed by atoms with van der Waals surface area (Å²) in [5.41, 5.74) is 0.161. The number of rotatable bonds is 5.